The molecular formula is C11H16N2O4S. The molecule has 7 heteroatoms. The number of nitrogens with two attached hydrogens (primary N) is 1. The van der Waals surface area contributed by atoms with Gasteiger partial charge in [0.25, 0.3) is 0 Å². The SMILES string of the molecule is CCCCNc1ccc(S(N)(=O)=O)cc1C(=O)O. The molecule has 0 atom stereocenters. The van der Waals surface area contributed by atoms with Crippen LogP contribution in [0.25, 0.3) is 0 Å². The molecule has 6 nitrogen and oxygen atoms in total. The van der Waals surface area contributed by atoms with Crippen LogP contribution in [0.1, 0.15) is 30.1 Å². The molecule has 0 aliphatic carbocycles. The molecule has 4 N–H and O–H groups in total. The third-order valence-corrected chi connectivity index (χ3v) is 3.31. The van der Waals surface area contributed by atoms with Crippen molar-refractivity contribution in [1.29, 1.82) is 0 Å². The molecule has 0 saturated carbocycles. The van der Waals surface area contributed by atoms with Crippen molar-refractivity contribution in [3.8, 4) is 0 Å². The van der Waals surface area contributed by atoms with Gasteiger partial charge in [-0.1, -0.05) is 13.3 Å². The van der Waals surface area contributed by atoms with Crippen LogP contribution in [0.5, 0.6) is 0 Å². The molecule has 0 unspecified atom stereocenters. The molecule has 100 valence electrons. The van der Waals surface area contributed by atoms with Gasteiger partial charge in [0.1, 0.15) is 0 Å². The number of carbonyl (C=O) groups is 1. The molecular weight excluding hydrogens is 256 g/mol. The molecule has 0 radical (unpaired) electrons. The van der Waals surface area contributed by atoms with E-state index in [-0.39, 0.29) is 10.5 Å². The number of primary sulfonamides is 1. The first kappa shape index (κ1) is 14.5. The van der Waals surface area contributed by atoms with Crippen LogP contribution in [0.4, 0.5) is 5.69 Å². The molecule has 0 amide bonds. The van der Waals surface area contributed by atoms with E-state index in [1.54, 1.807) is 0 Å². The number of nitrogens with one attached hydrogen (secondary N) is 1. The van der Waals surface area contributed by atoms with Crippen LogP contribution in [-0.4, -0.2) is 26.0 Å². The topological polar surface area (TPSA) is 109 Å². The zero-order valence-corrected chi connectivity index (χ0v) is 10.8. The second-order valence-corrected chi connectivity index (χ2v) is 5.40. The van der Waals surface area contributed by atoms with Crippen molar-refractivity contribution in [1.82, 2.24) is 0 Å². The van der Waals surface area contributed by atoms with Gasteiger partial charge in [-0.25, -0.2) is 18.4 Å². The molecule has 0 spiro atoms. The predicted octanol–water partition coefficient (Wildman–Crippen LogP) is 1.24. The Hall–Kier alpha value is -1.60. The maximum Gasteiger partial charge on any atom is 0.337 e. The highest BCUT2D eigenvalue weighted by Crippen LogP contribution is 2.20. The van der Waals surface area contributed by atoms with Crippen LogP contribution in [0.2, 0.25) is 0 Å². The lowest BCUT2D eigenvalue weighted by Crippen LogP contribution is -2.14. The molecule has 0 heterocycles. The second-order valence-electron chi connectivity index (χ2n) is 3.84. The Morgan fingerprint density at radius 2 is 2.11 bits per heavy atom. The Balaban J connectivity index is 3.09. The molecule has 1 aromatic carbocycles. The molecule has 18 heavy (non-hydrogen) atoms. The van der Waals surface area contributed by atoms with Gasteiger partial charge in [-0.2, -0.15) is 0 Å². The summed E-state index contributed by atoms with van der Waals surface area (Å²) >= 11 is 0. The van der Waals surface area contributed by atoms with E-state index in [9.17, 15) is 13.2 Å². The van der Waals surface area contributed by atoms with E-state index in [0.29, 0.717) is 12.2 Å². The van der Waals surface area contributed by atoms with Crippen molar-refractivity contribution in [2.24, 2.45) is 5.14 Å². The predicted molar refractivity (Wildman–Crippen MR) is 68.2 cm³/mol. The Kier molecular flexibility index (Phi) is 4.69. The summed E-state index contributed by atoms with van der Waals surface area (Å²) in [5.41, 5.74) is 0.293. The molecule has 0 saturated heterocycles. The van der Waals surface area contributed by atoms with E-state index in [1.807, 2.05) is 6.92 Å². The molecule has 1 aromatic rings. The first-order valence-corrected chi connectivity index (χ1v) is 7.05. The van der Waals surface area contributed by atoms with Gasteiger partial charge in [-0.15, -0.1) is 0 Å². The molecule has 0 aliphatic heterocycles. The van der Waals surface area contributed by atoms with Gasteiger partial charge in [0, 0.05) is 12.2 Å². The third kappa shape index (κ3) is 3.71. The van der Waals surface area contributed by atoms with E-state index in [1.165, 1.54) is 12.1 Å². The minimum atomic E-state index is -3.89. The largest absolute Gasteiger partial charge is 0.478 e. The van der Waals surface area contributed by atoms with Crippen molar-refractivity contribution in [2.45, 2.75) is 24.7 Å². The highest BCUT2D eigenvalue weighted by molar-refractivity contribution is 7.89. The lowest BCUT2D eigenvalue weighted by molar-refractivity contribution is 0.0697. The van der Waals surface area contributed by atoms with E-state index < -0.39 is 16.0 Å². The Morgan fingerprint density at radius 3 is 2.61 bits per heavy atom. The van der Waals surface area contributed by atoms with E-state index in [2.05, 4.69) is 5.32 Å². The maximum absolute atomic E-state index is 11.1. The van der Waals surface area contributed by atoms with Gasteiger partial charge in [0.05, 0.1) is 10.5 Å². The summed E-state index contributed by atoms with van der Waals surface area (Å²) < 4.78 is 22.3. The quantitative estimate of drug-likeness (QED) is 0.675. The summed E-state index contributed by atoms with van der Waals surface area (Å²) in [6.45, 7) is 2.65. The fourth-order valence-electron chi connectivity index (χ4n) is 1.43. The summed E-state index contributed by atoms with van der Waals surface area (Å²) in [5, 5.41) is 17.0. The van der Waals surface area contributed by atoms with Crippen molar-refractivity contribution < 1.29 is 18.3 Å². The summed E-state index contributed by atoms with van der Waals surface area (Å²) in [6.07, 6.45) is 1.88. The monoisotopic (exact) mass is 272 g/mol. The Bertz CT molecular complexity index is 540. The first-order chi connectivity index (χ1) is 8.36. The summed E-state index contributed by atoms with van der Waals surface area (Å²) in [4.78, 5) is 10.9. The number of carboxylic acid groups (broad SMARTS) is 1. The van der Waals surface area contributed by atoms with Crippen LogP contribution < -0.4 is 10.5 Å². The zero-order chi connectivity index (χ0) is 13.8. The van der Waals surface area contributed by atoms with E-state index >= 15 is 0 Å². The summed E-state index contributed by atoms with van der Waals surface area (Å²) in [5.74, 6) is -1.19. The highest BCUT2D eigenvalue weighted by Gasteiger charge is 2.15. The number of hydrogen-bond acceptors (Lipinski definition) is 4. The highest BCUT2D eigenvalue weighted by atomic mass is 32.2. The fraction of sp³-hybridized carbons (Fsp3) is 0.364. The van der Waals surface area contributed by atoms with Crippen molar-refractivity contribution >= 4 is 21.7 Å². The number of aromatic carboxylic acids is 1. The van der Waals surface area contributed by atoms with E-state index in [4.69, 9.17) is 10.2 Å². The normalized spacial score (nSPS) is 11.2. The van der Waals surface area contributed by atoms with Gasteiger partial charge in [-0.3, -0.25) is 0 Å². The van der Waals surface area contributed by atoms with Crippen molar-refractivity contribution in [3.63, 3.8) is 0 Å². The first-order valence-electron chi connectivity index (χ1n) is 5.50. The van der Waals surface area contributed by atoms with Crippen LogP contribution in [0.15, 0.2) is 23.1 Å². The number of carboxylic acids is 1. The van der Waals surface area contributed by atoms with Crippen LogP contribution in [0.3, 0.4) is 0 Å². The standard InChI is InChI=1S/C11H16N2O4S/c1-2-3-6-13-10-5-4-8(18(12,16)17)7-9(10)11(14)15/h4-5,7,13H,2-3,6H2,1H3,(H,14,15)(H2,12,16,17). The van der Waals surface area contributed by atoms with Gasteiger partial charge < -0.3 is 10.4 Å². The Morgan fingerprint density at radius 1 is 1.44 bits per heavy atom. The average Bonchev–Trinajstić information content (AvgIpc) is 2.28. The minimum absolute atomic E-state index is 0.0994. The lowest BCUT2D eigenvalue weighted by Gasteiger charge is -2.10. The maximum atomic E-state index is 11.1. The minimum Gasteiger partial charge on any atom is -0.478 e. The van der Waals surface area contributed by atoms with Crippen LogP contribution >= 0.6 is 0 Å². The zero-order valence-electron chi connectivity index (χ0n) is 10.0. The van der Waals surface area contributed by atoms with Gasteiger partial charge in [0.15, 0.2) is 0 Å². The molecule has 0 bridgehead atoms. The lowest BCUT2D eigenvalue weighted by atomic mass is 10.1. The number of unbranched alkanes of at least 4 members (excludes halogenated alkanes) is 1. The molecule has 0 aromatic heterocycles. The number of rotatable bonds is 6. The average molecular weight is 272 g/mol. The molecule has 0 aliphatic rings. The molecule has 1 rings (SSSR count). The van der Waals surface area contributed by atoms with E-state index in [0.717, 1.165) is 18.9 Å². The third-order valence-electron chi connectivity index (χ3n) is 2.40. The van der Waals surface area contributed by atoms with Gasteiger partial charge in [0.2, 0.25) is 10.0 Å². The fourth-order valence-corrected chi connectivity index (χ4v) is 1.97. The second kappa shape index (κ2) is 5.83. The van der Waals surface area contributed by atoms with Crippen LogP contribution in [0, 0.1) is 0 Å². The van der Waals surface area contributed by atoms with Crippen LogP contribution in [-0.2, 0) is 10.0 Å². The van der Waals surface area contributed by atoms with Gasteiger partial charge >= 0.3 is 5.97 Å². The van der Waals surface area contributed by atoms with Gasteiger partial charge in [-0.05, 0) is 24.6 Å². The number of sulfonamides is 1. The van der Waals surface area contributed by atoms with Crippen molar-refractivity contribution in [2.75, 3.05) is 11.9 Å². The summed E-state index contributed by atoms with van der Waals surface area (Å²) in [7, 11) is -3.89. The smallest absolute Gasteiger partial charge is 0.337 e. The number of benzene rings is 1. The molecule has 0 fully saturated rings. The van der Waals surface area contributed by atoms with Crippen molar-refractivity contribution in [3.05, 3.63) is 23.8 Å². The Labute approximate surface area is 106 Å². The number of hydrogen-bond donors (Lipinski definition) is 3. The number of anilines is 1. The summed E-state index contributed by atoms with van der Waals surface area (Å²) in [6, 6.07) is 3.76.